The van der Waals surface area contributed by atoms with Crippen molar-refractivity contribution in [3.8, 4) is 11.5 Å². The lowest BCUT2D eigenvalue weighted by Crippen LogP contribution is -2.46. The molecule has 9 heteroatoms. The molecule has 0 unspecified atom stereocenters. The van der Waals surface area contributed by atoms with Crippen molar-refractivity contribution in [1.29, 1.82) is 0 Å². The third-order valence-corrected chi connectivity index (χ3v) is 4.85. The Labute approximate surface area is 166 Å². The molecule has 148 valence electrons. The molecule has 2 N–H and O–H groups in total. The lowest BCUT2D eigenvalue weighted by molar-refractivity contribution is -0.141. The summed E-state index contributed by atoms with van der Waals surface area (Å²) < 4.78 is 16.0. The van der Waals surface area contributed by atoms with Crippen LogP contribution in [-0.2, 0) is 14.3 Å². The van der Waals surface area contributed by atoms with Crippen LogP contribution in [-0.4, -0.2) is 56.0 Å². The molecule has 0 aromatic heterocycles. The van der Waals surface area contributed by atoms with Crippen LogP contribution in [0.25, 0.3) is 0 Å². The highest BCUT2D eigenvalue weighted by atomic mass is 79.9. The van der Waals surface area contributed by atoms with Gasteiger partial charge >= 0.3 is 12.0 Å². The quantitative estimate of drug-likeness (QED) is 0.497. The first kappa shape index (κ1) is 21.0. The van der Waals surface area contributed by atoms with Crippen LogP contribution in [0.4, 0.5) is 4.79 Å². The number of phenolic OH excluding ortho intramolecular Hbond substituents is 1. The zero-order valence-electron chi connectivity index (χ0n) is 15.7. The lowest BCUT2D eigenvalue weighted by Gasteiger charge is -2.33. The maximum Gasteiger partial charge on any atom is 0.338 e. The van der Waals surface area contributed by atoms with Gasteiger partial charge in [-0.1, -0.05) is 0 Å². The molecule has 27 heavy (non-hydrogen) atoms. The molecule has 1 atom stereocenters. The minimum atomic E-state index is -0.751. The maximum atomic E-state index is 12.7. The van der Waals surface area contributed by atoms with Gasteiger partial charge in [-0.3, -0.25) is 0 Å². The Kier molecular flexibility index (Phi) is 7.09. The third kappa shape index (κ3) is 4.54. The van der Waals surface area contributed by atoms with Crippen molar-refractivity contribution < 1.29 is 28.9 Å². The van der Waals surface area contributed by atoms with E-state index in [9.17, 15) is 14.7 Å². The lowest BCUT2D eigenvalue weighted by atomic mass is 9.94. The number of ether oxygens (including phenoxy) is 3. The number of phenols is 1. The zero-order chi connectivity index (χ0) is 20.1. The van der Waals surface area contributed by atoms with Gasteiger partial charge in [0.15, 0.2) is 11.5 Å². The molecule has 0 spiro atoms. The fraction of sp³-hybridized carbons (Fsp3) is 0.444. The van der Waals surface area contributed by atoms with E-state index in [-0.39, 0.29) is 24.1 Å². The first-order valence-electron chi connectivity index (χ1n) is 8.38. The average Bonchev–Trinajstić information content (AvgIpc) is 2.64. The zero-order valence-corrected chi connectivity index (χ0v) is 17.3. The number of carbonyl (C=O) groups is 2. The summed E-state index contributed by atoms with van der Waals surface area (Å²) >= 11 is 3.26. The van der Waals surface area contributed by atoms with Gasteiger partial charge in [0.05, 0.1) is 29.8 Å². The van der Waals surface area contributed by atoms with Crippen molar-refractivity contribution in [2.45, 2.75) is 19.9 Å². The molecule has 2 rings (SSSR count). The van der Waals surface area contributed by atoms with Crippen molar-refractivity contribution in [2.75, 3.05) is 34.0 Å². The second-order valence-electron chi connectivity index (χ2n) is 5.83. The number of esters is 1. The van der Waals surface area contributed by atoms with E-state index in [1.807, 2.05) is 6.92 Å². The number of amides is 2. The molecule has 1 heterocycles. The number of urea groups is 1. The molecule has 1 aliphatic rings. The SMILES string of the molecule is CCOCCOC(=O)C1=C(C)N(C)C(=O)N[C@@H]1c1cc(Br)c(O)c(OC)c1. The molecule has 1 aromatic carbocycles. The van der Waals surface area contributed by atoms with E-state index in [0.717, 1.165) is 0 Å². The monoisotopic (exact) mass is 442 g/mol. The van der Waals surface area contributed by atoms with Crippen molar-refractivity contribution in [3.63, 3.8) is 0 Å². The summed E-state index contributed by atoms with van der Waals surface area (Å²) in [6.45, 7) is 4.46. The van der Waals surface area contributed by atoms with Crippen LogP contribution in [0.15, 0.2) is 27.9 Å². The highest BCUT2D eigenvalue weighted by molar-refractivity contribution is 9.10. The first-order chi connectivity index (χ1) is 12.8. The van der Waals surface area contributed by atoms with Gasteiger partial charge in [-0.25, -0.2) is 9.59 Å². The summed E-state index contributed by atoms with van der Waals surface area (Å²) in [6, 6.07) is 2.08. The minimum Gasteiger partial charge on any atom is -0.503 e. The first-order valence-corrected chi connectivity index (χ1v) is 9.17. The van der Waals surface area contributed by atoms with Gasteiger partial charge < -0.3 is 29.5 Å². The number of methoxy groups -OCH3 is 1. The van der Waals surface area contributed by atoms with Gasteiger partial charge in [-0.15, -0.1) is 0 Å². The molecule has 0 saturated heterocycles. The average molecular weight is 443 g/mol. The van der Waals surface area contributed by atoms with E-state index in [1.54, 1.807) is 26.1 Å². The van der Waals surface area contributed by atoms with E-state index in [2.05, 4.69) is 21.2 Å². The predicted molar refractivity (Wildman–Crippen MR) is 102 cm³/mol. The number of nitrogens with zero attached hydrogens (tertiary/aromatic N) is 1. The molecule has 8 nitrogen and oxygen atoms in total. The number of allylic oxidation sites excluding steroid dienone is 1. The molecule has 0 bridgehead atoms. The summed E-state index contributed by atoms with van der Waals surface area (Å²) in [7, 11) is 2.99. The number of nitrogens with one attached hydrogen (secondary N) is 1. The standard InChI is InChI=1S/C18H23BrN2O6/c1-5-26-6-7-27-17(23)14-10(2)21(3)18(24)20-15(14)11-8-12(19)16(22)13(9-11)25-4/h8-9,15,22H,5-7H2,1-4H3,(H,20,24)/t15-/m1/s1. The predicted octanol–water partition coefficient (Wildman–Crippen LogP) is 2.71. The van der Waals surface area contributed by atoms with E-state index < -0.39 is 12.0 Å². The Hall–Kier alpha value is -2.26. The van der Waals surface area contributed by atoms with Gasteiger partial charge in [0.2, 0.25) is 0 Å². The summed E-state index contributed by atoms with van der Waals surface area (Å²) in [5.74, 6) is -0.400. The second kappa shape index (κ2) is 9.09. The van der Waals surface area contributed by atoms with E-state index in [4.69, 9.17) is 14.2 Å². The number of carbonyl (C=O) groups excluding carboxylic acids is 2. The molecule has 1 aromatic rings. The third-order valence-electron chi connectivity index (χ3n) is 4.24. The number of hydrogen-bond donors (Lipinski definition) is 2. The normalized spacial score (nSPS) is 17.0. The van der Waals surface area contributed by atoms with E-state index >= 15 is 0 Å². The molecule has 0 fully saturated rings. The van der Waals surface area contributed by atoms with Crippen LogP contribution in [0.1, 0.15) is 25.5 Å². The van der Waals surface area contributed by atoms with Gasteiger partial charge in [-0.05, 0) is 47.5 Å². The van der Waals surface area contributed by atoms with Gasteiger partial charge in [0, 0.05) is 19.4 Å². The minimum absolute atomic E-state index is 0.0675. The van der Waals surface area contributed by atoms with Crippen LogP contribution in [0.2, 0.25) is 0 Å². The van der Waals surface area contributed by atoms with Crippen LogP contribution in [0.5, 0.6) is 11.5 Å². The Morgan fingerprint density at radius 1 is 1.37 bits per heavy atom. The number of hydrogen-bond acceptors (Lipinski definition) is 6. The number of benzene rings is 1. The molecule has 0 radical (unpaired) electrons. The van der Waals surface area contributed by atoms with Gasteiger partial charge in [0.1, 0.15) is 6.61 Å². The van der Waals surface area contributed by atoms with E-state index in [1.165, 1.54) is 12.0 Å². The number of aromatic hydroxyl groups is 1. The number of halogens is 1. The van der Waals surface area contributed by atoms with Crippen LogP contribution in [0.3, 0.4) is 0 Å². The maximum absolute atomic E-state index is 12.7. The topological polar surface area (TPSA) is 97.3 Å². The van der Waals surface area contributed by atoms with Crippen LogP contribution in [0, 0.1) is 0 Å². The van der Waals surface area contributed by atoms with Crippen molar-refractivity contribution in [2.24, 2.45) is 0 Å². The van der Waals surface area contributed by atoms with Crippen LogP contribution >= 0.6 is 15.9 Å². The van der Waals surface area contributed by atoms with Crippen molar-refractivity contribution in [3.05, 3.63) is 33.4 Å². The summed E-state index contributed by atoms with van der Waals surface area (Å²) in [4.78, 5) is 26.3. The van der Waals surface area contributed by atoms with Gasteiger partial charge in [0.25, 0.3) is 0 Å². The Bertz CT molecular complexity index is 764. The van der Waals surface area contributed by atoms with Crippen molar-refractivity contribution in [1.82, 2.24) is 10.2 Å². The van der Waals surface area contributed by atoms with Crippen LogP contribution < -0.4 is 10.1 Å². The Morgan fingerprint density at radius 3 is 2.70 bits per heavy atom. The van der Waals surface area contributed by atoms with Gasteiger partial charge in [-0.2, -0.15) is 0 Å². The smallest absolute Gasteiger partial charge is 0.338 e. The molecule has 0 aliphatic carbocycles. The largest absolute Gasteiger partial charge is 0.503 e. The summed E-state index contributed by atoms with van der Waals surface area (Å²) in [5, 5.41) is 12.8. The molecular formula is C18H23BrN2O6. The molecule has 0 saturated carbocycles. The fourth-order valence-corrected chi connectivity index (χ4v) is 3.14. The highest BCUT2D eigenvalue weighted by Crippen LogP contribution is 2.40. The molecule has 2 amide bonds. The summed E-state index contributed by atoms with van der Waals surface area (Å²) in [6.07, 6.45) is 0. The van der Waals surface area contributed by atoms with Crippen molar-refractivity contribution >= 4 is 27.9 Å². The Balaban J connectivity index is 2.42. The fourth-order valence-electron chi connectivity index (χ4n) is 2.68. The van der Waals surface area contributed by atoms with E-state index in [0.29, 0.717) is 34.5 Å². The molecule has 1 aliphatic heterocycles. The summed E-state index contributed by atoms with van der Waals surface area (Å²) in [5.41, 5.74) is 1.34. The number of rotatable bonds is 7. The Morgan fingerprint density at radius 2 is 2.07 bits per heavy atom. The second-order valence-corrected chi connectivity index (χ2v) is 6.68. The molecular weight excluding hydrogens is 420 g/mol. The highest BCUT2D eigenvalue weighted by Gasteiger charge is 2.35.